The second kappa shape index (κ2) is 10.8. The first-order valence-corrected chi connectivity index (χ1v) is 10.9. The maximum atomic E-state index is 12.4. The molecule has 146 valence electrons. The van der Waals surface area contributed by atoms with Gasteiger partial charge in [-0.15, -0.1) is 0 Å². The summed E-state index contributed by atoms with van der Waals surface area (Å²) in [6.45, 7) is 6.55. The van der Waals surface area contributed by atoms with Gasteiger partial charge in [0.15, 0.2) is 6.10 Å². The molecule has 2 rings (SSSR count). The number of carbonyl (C=O) groups excluding carboxylic acids is 1. The van der Waals surface area contributed by atoms with E-state index in [0.29, 0.717) is 28.8 Å². The highest BCUT2D eigenvalue weighted by Crippen LogP contribution is 2.28. The Hall–Kier alpha value is -1.36. The van der Waals surface area contributed by atoms with Crippen LogP contribution in [0.1, 0.15) is 30.0 Å². The van der Waals surface area contributed by atoms with E-state index in [1.165, 1.54) is 0 Å². The average Bonchev–Trinajstić information content (AvgIpc) is 2.64. The van der Waals surface area contributed by atoms with E-state index in [-0.39, 0.29) is 5.91 Å². The van der Waals surface area contributed by atoms with Crippen LogP contribution in [0.25, 0.3) is 0 Å². The SMILES string of the molecule is CC[C@@H](Oc1cccc(C)c1C)C(=O)NCCSCc1c(Cl)cccc1Cl. The van der Waals surface area contributed by atoms with Crippen molar-refractivity contribution in [2.24, 2.45) is 0 Å². The van der Waals surface area contributed by atoms with Crippen molar-refractivity contribution in [2.45, 2.75) is 39.0 Å². The third kappa shape index (κ3) is 6.34. The number of nitrogens with one attached hydrogen (secondary N) is 1. The summed E-state index contributed by atoms with van der Waals surface area (Å²) in [7, 11) is 0. The summed E-state index contributed by atoms with van der Waals surface area (Å²) < 4.78 is 5.94. The van der Waals surface area contributed by atoms with E-state index in [0.717, 1.165) is 28.2 Å². The van der Waals surface area contributed by atoms with Crippen LogP contribution < -0.4 is 10.1 Å². The summed E-state index contributed by atoms with van der Waals surface area (Å²) in [6.07, 6.45) is 0.121. The lowest BCUT2D eigenvalue weighted by Gasteiger charge is -2.19. The second-order valence-corrected chi connectivity index (χ2v) is 8.18. The van der Waals surface area contributed by atoms with Crippen LogP contribution in [0.5, 0.6) is 5.75 Å². The minimum absolute atomic E-state index is 0.0882. The molecule has 0 radical (unpaired) electrons. The van der Waals surface area contributed by atoms with Crippen molar-refractivity contribution in [3.8, 4) is 5.75 Å². The average molecular weight is 426 g/mol. The fraction of sp³-hybridized carbons (Fsp3) is 0.381. The zero-order valence-corrected chi connectivity index (χ0v) is 18.2. The highest BCUT2D eigenvalue weighted by molar-refractivity contribution is 7.98. The van der Waals surface area contributed by atoms with Gasteiger partial charge in [0.25, 0.3) is 5.91 Å². The first-order valence-electron chi connectivity index (χ1n) is 8.95. The van der Waals surface area contributed by atoms with Crippen molar-refractivity contribution >= 4 is 40.9 Å². The molecule has 0 heterocycles. The number of aryl methyl sites for hydroxylation is 1. The van der Waals surface area contributed by atoms with Gasteiger partial charge in [0.1, 0.15) is 5.75 Å². The maximum Gasteiger partial charge on any atom is 0.261 e. The van der Waals surface area contributed by atoms with Gasteiger partial charge >= 0.3 is 0 Å². The molecule has 0 bridgehead atoms. The van der Waals surface area contributed by atoms with E-state index >= 15 is 0 Å². The van der Waals surface area contributed by atoms with Crippen LogP contribution in [0.4, 0.5) is 0 Å². The monoisotopic (exact) mass is 425 g/mol. The minimum atomic E-state index is -0.492. The second-order valence-electron chi connectivity index (χ2n) is 6.26. The van der Waals surface area contributed by atoms with Crippen LogP contribution >= 0.6 is 35.0 Å². The Bertz CT molecular complexity index is 763. The van der Waals surface area contributed by atoms with Crippen LogP contribution in [0, 0.1) is 13.8 Å². The van der Waals surface area contributed by atoms with Gasteiger partial charge in [0, 0.05) is 28.1 Å². The molecule has 0 aromatic heterocycles. The predicted octanol–water partition coefficient (Wildman–Crippen LogP) is 5.82. The Balaban J connectivity index is 1.79. The van der Waals surface area contributed by atoms with E-state index in [4.69, 9.17) is 27.9 Å². The Morgan fingerprint density at radius 3 is 2.48 bits per heavy atom. The number of hydrogen-bond acceptors (Lipinski definition) is 3. The fourth-order valence-corrected chi connectivity index (χ4v) is 4.13. The molecule has 1 amide bonds. The normalized spacial score (nSPS) is 11.9. The first kappa shape index (κ1) is 21.9. The Labute approximate surface area is 175 Å². The standard InChI is InChI=1S/C21H25Cl2NO2S/c1-4-19(26-20-10-5-7-14(2)15(20)3)21(25)24-11-12-27-13-16-17(22)8-6-9-18(16)23/h5-10,19H,4,11-13H2,1-3H3,(H,24,25)/t19-/m1/s1. The van der Waals surface area contributed by atoms with Gasteiger partial charge in [-0.2, -0.15) is 11.8 Å². The number of amides is 1. The van der Waals surface area contributed by atoms with Gasteiger partial charge in [-0.3, -0.25) is 4.79 Å². The third-order valence-electron chi connectivity index (χ3n) is 4.34. The van der Waals surface area contributed by atoms with Gasteiger partial charge in [0.2, 0.25) is 0 Å². The summed E-state index contributed by atoms with van der Waals surface area (Å²) in [5.74, 6) is 2.16. The molecule has 0 spiro atoms. The van der Waals surface area contributed by atoms with E-state index < -0.39 is 6.10 Å². The molecule has 0 aliphatic carbocycles. The summed E-state index contributed by atoms with van der Waals surface area (Å²) >= 11 is 14.0. The molecule has 0 unspecified atom stereocenters. The number of thioether (sulfide) groups is 1. The molecule has 0 fully saturated rings. The van der Waals surface area contributed by atoms with Gasteiger partial charge in [0.05, 0.1) is 0 Å². The zero-order chi connectivity index (χ0) is 19.8. The molecule has 27 heavy (non-hydrogen) atoms. The quantitative estimate of drug-likeness (QED) is 0.514. The van der Waals surface area contributed by atoms with Gasteiger partial charge in [-0.1, -0.05) is 48.3 Å². The molecular formula is C21H25Cl2NO2S. The van der Waals surface area contributed by atoms with Crippen LogP contribution in [0.15, 0.2) is 36.4 Å². The molecule has 6 heteroatoms. The molecule has 0 saturated heterocycles. The van der Waals surface area contributed by atoms with Gasteiger partial charge in [-0.25, -0.2) is 0 Å². The lowest BCUT2D eigenvalue weighted by molar-refractivity contribution is -0.128. The molecule has 0 saturated carbocycles. The van der Waals surface area contributed by atoms with Crippen LogP contribution in [-0.2, 0) is 10.5 Å². The zero-order valence-electron chi connectivity index (χ0n) is 15.9. The summed E-state index contributed by atoms with van der Waals surface area (Å²) in [5, 5.41) is 4.30. The van der Waals surface area contributed by atoms with Crippen molar-refractivity contribution in [2.75, 3.05) is 12.3 Å². The molecule has 0 aliphatic heterocycles. The highest BCUT2D eigenvalue weighted by atomic mass is 35.5. The summed E-state index contributed by atoms with van der Waals surface area (Å²) in [6, 6.07) is 11.4. The number of halogens is 2. The molecule has 1 N–H and O–H groups in total. The molecule has 3 nitrogen and oxygen atoms in total. The molecule has 2 aromatic carbocycles. The Morgan fingerprint density at radius 1 is 1.15 bits per heavy atom. The lowest BCUT2D eigenvalue weighted by atomic mass is 10.1. The van der Waals surface area contributed by atoms with Gasteiger partial charge < -0.3 is 10.1 Å². The maximum absolute atomic E-state index is 12.4. The van der Waals surface area contributed by atoms with E-state index in [9.17, 15) is 4.79 Å². The minimum Gasteiger partial charge on any atom is -0.480 e. The van der Waals surface area contributed by atoms with Crippen molar-refractivity contribution in [1.29, 1.82) is 0 Å². The summed E-state index contributed by atoms with van der Waals surface area (Å²) in [4.78, 5) is 12.4. The van der Waals surface area contributed by atoms with Crippen molar-refractivity contribution in [3.05, 3.63) is 63.1 Å². The Morgan fingerprint density at radius 2 is 1.81 bits per heavy atom. The topological polar surface area (TPSA) is 38.3 Å². The van der Waals surface area contributed by atoms with Crippen LogP contribution in [0.3, 0.4) is 0 Å². The summed E-state index contributed by atoms with van der Waals surface area (Å²) in [5.41, 5.74) is 3.15. The van der Waals surface area contributed by atoms with E-state index in [2.05, 4.69) is 5.32 Å². The lowest BCUT2D eigenvalue weighted by Crippen LogP contribution is -2.39. The first-order chi connectivity index (χ1) is 12.9. The Kier molecular flexibility index (Phi) is 8.81. The van der Waals surface area contributed by atoms with Crippen LogP contribution in [-0.4, -0.2) is 24.3 Å². The molecular weight excluding hydrogens is 401 g/mol. The third-order valence-corrected chi connectivity index (χ3v) is 6.03. The van der Waals surface area contributed by atoms with Crippen molar-refractivity contribution < 1.29 is 9.53 Å². The molecule has 2 aromatic rings. The number of carbonyl (C=O) groups is 1. The number of ether oxygens (including phenoxy) is 1. The molecule has 0 aliphatic rings. The van der Waals surface area contributed by atoms with Crippen molar-refractivity contribution in [1.82, 2.24) is 5.32 Å². The number of rotatable bonds is 9. The van der Waals surface area contributed by atoms with E-state index in [1.807, 2.05) is 57.2 Å². The van der Waals surface area contributed by atoms with E-state index in [1.54, 1.807) is 11.8 Å². The molecule has 1 atom stereocenters. The predicted molar refractivity (Wildman–Crippen MR) is 116 cm³/mol. The van der Waals surface area contributed by atoms with Gasteiger partial charge in [-0.05, 0) is 55.2 Å². The fourth-order valence-electron chi connectivity index (χ4n) is 2.53. The largest absolute Gasteiger partial charge is 0.480 e. The number of hydrogen-bond donors (Lipinski definition) is 1. The smallest absolute Gasteiger partial charge is 0.261 e. The highest BCUT2D eigenvalue weighted by Gasteiger charge is 2.19. The van der Waals surface area contributed by atoms with Crippen molar-refractivity contribution in [3.63, 3.8) is 0 Å². The van der Waals surface area contributed by atoms with Crippen LogP contribution in [0.2, 0.25) is 10.0 Å². The number of benzene rings is 2.